The molecule has 0 amide bonds. The van der Waals surface area contributed by atoms with E-state index >= 15 is 0 Å². The van der Waals surface area contributed by atoms with Crippen molar-refractivity contribution < 1.29 is 18.3 Å². The van der Waals surface area contributed by atoms with Crippen LogP contribution in [0.1, 0.15) is 33.6 Å². The minimum Gasteiger partial charge on any atom is -0.390 e. The summed E-state index contributed by atoms with van der Waals surface area (Å²) in [6.07, 6.45) is 0.633. The lowest BCUT2D eigenvalue weighted by Gasteiger charge is -2.14. The van der Waals surface area contributed by atoms with Gasteiger partial charge in [-0.25, -0.2) is 0 Å². The highest BCUT2D eigenvalue weighted by Gasteiger charge is 2.33. The summed E-state index contributed by atoms with van der Waals surface area (Å²) in [5.74, 6) is 0. The summed E-state index contributed by atoms with van der Waals surface area (Å²) in [6, 6.07) is 2.26. The van der Waals surface area contributed by atoms with Crippen molar-refractivity contribution in [3.63, 3.8) is 0 Å². The number of aliphatic hydroxyl groups excluding tert-OH is 1. The molecule has 0 fully saturated rings. The number of rotatable bonds is 4. The Kier molecular flexibility index (Phi) is 4.34. The SMILES string of the molecule is Cc1nn(Cc2cnn(C)c2)c(CO)c1-c1cc(C(F)(F)F)cc2c1C=NC2. The Morgan fingerprint density at radius 2 is 2.04 bits per heavy atom. The van der Waals surface area contributed by atoms with Crippen LogP contribution >= 0.6 is 0 Å². The zero-order valence-electron chi connectivity index (χ0n) is 15.3. The third-order valence-electron chi connectivity index (χ3n) is 4.82. The number of halogens is 3. The number of aliphatic hydroxyl groups is 1. The van der Waals surface area contributed by atoms with Crippen LogP contribution < -0.4 is 0 Å². The molecule has 0 aliphatic carbocycles. The van der Waals surface area contributed by atoms with Crippen LogP contribution in [-0.4, -0.2) is 30.9 Å². The topological polar surface area (TPSA) is 68.2 Å². The van der Waals surface area contributed by atoms with Crippen molar-refractivity contribution in [2.24, 2.45) is 12.0 Å². The van der Waals surface area contributed by atoms with Gasteiger partial charge in [0.05, 0.1) is 42.8 Å². The highest BCUT2D eigenvalue weighted by Crippen LogP contribution is 2.39. The van der Waals surface area contributed by atoms with Gasteiger partial charge in [0, 0.05) is 36.1 Å². The second-order valence-electron chi connectivity index (χ2n) is 6.81. The van der Waals surface area contributed by atoms with E-state index in [0.29, 0.717) is 40.2 Å². The summed E-state index contributed by atoms with van der Waals surface area (Å²) in [4.78, 5) is 4.13. The van der Waals surface area contributed by atoms with E-state index in [0.717, 1.165) is 17.7 Å². The van der Waals surface area contributed by atoms with E-state index in [1.807, 2.05) is 6.20 Å². The first-order chi connectivity index (χ1) is 13.3. The van der Waals surface area contributed by atoms with Crippen LogP contribution in [0, 0.1) is 6.92 Å². The Labute approximate surface area is 158 Å². The monoisotopic (exact) mass is 389 g/mol. The number of nitrogens with zero attached hydrogens (tertiary/aromatic N) is 5. The van der Waals surface area contributed by atoms with E-state index in [2.05, 4.69) is 15.2 Å². The van der Waals surface area contributed by atoms with E-state index < -0.39 is 11.7 Å². The van der Waals surface area contributed by atoms with Crippen LogP contribution in [0.15, 0.2) is 29.5 Å². The van der Waals surface area contributed by atoms with Gasteiger partial charge in [-0.15, -0.1) is 0 Å². The molecule has 0 saturated carbocycles. The van der Waals surface area contributed by atoms with Gasteiger partial charge in [-0.05, 0) is 30.2 Å². The molecule has 0 radical (unpaired) electrons. The van der Waals surface area contributed by atoms with Gasteiger partial charge in [-0.1, -0.05) is 0 Å². The predicted molar refractivity (Wildman–Crippen MR) is 96.9 cm³/mol. The van der Waals surface area contributed by atoms with Crippen molar-refractivity contribution in [2.75, 3.05) is 0 Å². The normalized spacial score (nSPS) is 13.4. The molecule has 3 aromatic rings. The molecular weight excluding hydrogens is 371 g/mol. The van der Waals surface area contributed by atoms with Crippen molar-refractivity contribution in [3.05, 3.63) is 58.2 Å². The van der Waals surface area contributed by atoms with Crippen molar-refractivity contribution in [2.45, 2.75) is 32.8 Å². The molecule has 1 aromatic carbocycles. The summed E-state index contributed by atoms with van der Waals surface area (Å²) in [5, 5.41) is 18.6. The first-order valence-electron chi connectivity index (χ1n) is 8.67. The molecule has 6 nitrogen and oxygen atoms in total. The Hall–Kier alpha value is -2.94. The number of aliphatic imine (C=N–C) groups is 1. The smallest absolute Gasteiger partial charge is 0.390 e. The molecule has 0 unspecified atom stereocenters. The van der Waals surface area contributed by atoms with E-state index in [1.165, 1.54) is 0 Å². The molecule has 1 N–H and O–H groups in total. The van der Waals surface area contributed by atoms with E-state index in [9.17, 15) is 18.3 Å². The third kappa shape index (κ3) is 3.11. The highest BCUT2D eigenvalue weighted by atomic mass is 19.4. The molecule has 1 aliphatic heterocycles. The number of fused-ring (bicyclic) bond motifs is 1. The van der Waals surface area contributed by atoms with Gasteiger partial charge in [0.15, 0.2) is 0 Å². The average Bonchev–Trinajstić information content (AvgIpc) is 3.32. The van der Waals surface area contributed by atoms with E-state index in [-0.39, 0.29) is 13.2 Å². The molecule has 2 aromatic heterocycles. The first-order valence-corrected chi connectivity index (χ1v) is 8.67. The van der Waals surface area contributed by atoms with Gasteiger partial charge in [-0.2, -0.15) is 23.4 Å². The molecule has 0 spiro atoms. The maximum Gasteiger partial charge on any atom is 0.416 e. The third-order valence-corrected chi connectivity index (χ3v) is 4.82. The Balaban J connectivity index is 1.88. The Bertz CT molecular complexity index is 1080. The lowest BCUT2D eigenvalue weighted by atomic mass is 9.93. The lowest BCUT2D eigenvalue weighted by molar-refractivity contribution is -0.137. The maximum atomic E-state index is 13.4. The molecule has 146 valence electrons. The predicted octanol–water partition coefficient (Wildman–Crippen LogP) is 3.08. The van der Waals surface area contributed by atoms with Crippen LogP contribution in [0.2, 0.25) is 0 Å². The minimum absolute atomic E-state index is 0.212. The maximum absolute atomic E-state index is 13.4. The van der Waals surface area contributed by atoms with Crippen molar-refractivity contribution >= 4 is 6.21 Å². The highest BCUT2D eigenvalue weighted by molar-refractivity contribution is 5.95. The zero-order chi connectivity index (χ0) is 20.1. The number of alkyl halides is 3. The summed E-state index contributed by atoms with van der Waals surface area (Å²) in [7, 11) is 1.79. The Morgan fingerprint density at radius 1 is 1.25 bits per heavy atom. The van der Waals surface area contributed by atoms with Crippen LogP contribution in [0.4, 0.5) is 13.2 Å². The molecule has 1 aliphatic rings. The van der Waals surface area contributed by atoms with E-state index in [4.69, 9.17) is 0 Å². The molecule has 9 heteroatoms. The van der Waals surface area contributed by atoms with Crippen molar-refractivity contribution in [3.8, 4) is 11.1 Å². The van der Waals surface area contributed by atoms with Gasteiger partial charge in [-0.3, -0.25) is 14.4 Å². The lowest BCUT2D eigenvalue weighted by Crippen LogP contribution is -2.09. The van der Waals surface area contributed by atoms with Crippen LogP contribution in [-0.2, 0) is 32.9 Å². The zero-order valence-corrected chi connectivity index (χ0v) is 15.3. The molecule has 3 heterocycles. The fourth-order valence-corrected chi connectivity index (χ4v) is 3.60. The van der Waals surface area contributed by atoms with Crippen LogP contribution in [0.3, 0.4) is 0 Å². The minimum atomic E-state index is -4.47. The fourth-order valence-electron chi connectivity index (χ4n) is 3.60. The van der Waals surface area contributed by atoms with Crippen LogP contribution in [0.25, 0.3) is 11.1 Å². The quantitative estimate of drug-likeness (QED) is 0.746. The number of hydrogen-bond donors (Lipinski definition) is 1. The molecule has 4 rings (SSSR count). The summed E-state index contributed by atoms with van der Waals surface area (Å²) >= 11 is 0. The van der Waals surface area contributed by atoms with Crippen molar-refractivity contribution in [1.29, 1.82) is 0 Å². The van der Waals surface area contributed by atoms with Crippen LogP contribution in [0.5, 0.6) is 0 Å². The molecule has 0 atom stereocenters. The molecule has 0 bridgehead atoms. The fraction of sp³-hybridized carbons (Fsp3) is 0.316. The number of hydrogen-bond acceptors (Lipinski definition) is 4. The van der Waals surface area contributed by atoms with Gasteiger partial charge in [0.1, 0.15) is 0 Å². The second-order valence-corrected chi connectivity index (χ2v) is 6.81. The molecule has 28 heavy (non-hydrogen) atoms. The van der Waals surface area contributed by atoms with Gasteiger partial charge in [0.25, 0.3) is 0 Å². The number of aryl methyl sites for hydroxylation is 2. The largest absolute Gasteiger partial charge is 0.416 e. The summed E-state index contributed by atoms with van der Waals surface area (Å²) in [5.41, 5.74) is 3.24. The number of aromatic nitrogens is 4. The first kappa shape index (κ1) is 18.4. The van der Waals surface area contributed by atoms with Crippen molar-refractivity contribution in [1.82, 2.24) is 19.6 Å². The second kappa shape index (κ2) is 6.59. The molecule has 0 saturated heterocycles. The van der Waals surface area contributed by atoms with E-state index in [1.54, 1.807) is 35.7 Å². The average molecular weight is 389 g/mol. The van der Waals surface area contributed by atoms with Gasteiger partial charge in [0.2, 0.25) is 0 Å². The summed E-state index contributed by atoms with van der Waals surface area (Å²) < 4.78 is 43.5. The van der Waals surface area contributed by atoms with Gasteiger partial charge >= 0.3 is 6.18 Å². The van der Waals surface area contributed by atoms with Gasteiger partial charge < -0.3 is 5.11 Å². The standard InChI is InChI=1S/C19H18F3N5O/c1-11-18(17(10-28)27(25-11)9-12-5-24-26(2)8-12)15-4-14(19(20,21)22)3-13-6-23-7-16(13)15/h3-5,7-8,28H,6,9-10H2,1-2H3. The number of benzene rings is 1. The Morgan fingerprint density at radius 3 is 2.68 bits per heavy atom. The summed E-state index contributed by atoms with van der Waals surface area (Å²) in [6.45, 7) is 1.95. The molecular formula is C19H18F3N5O.